The molecule has 0 radical (unpaired) electrons. The van der Waals surface area contributed by atoms with Gasteiger partial charge in [0.25, 0.3) is 5.56 Å². The molecule has 1 aromatic heterocycles. The molecule has 17 heavy (non-hydrogen) atoms. The van der Waals surface area contributed by atoms with E-state index in [4.69, 9.17) is 0 Å². The molecule has 1 heterocycles. The zero-order valence-corrected chi connectivity index (χ0v) is 12.1. The van der Waals surface area contributed by atoms with E-state index in [1.165, 1.54) is 0 Å². The van der Waals surface area contributed by atoms with Crippen LogP contribution in [0.1, 0.15) is 59.2 Å². The van der Waals surface area contributed by atoms with Crippen molar-refractivity contribution in [2.24, 2.45) is 5.92 Å². The van der Waals surface area contributed by atoms with Crippen molar-refractivity contribution in [1.29, 1.82) is 0 Å². The molecule has 3 heteroatoms. The standard InChI is InChI=1S/C14H26N2O/c1-7-8-16-13(17)11(9-10(2)3)12(15-16)14(4,5)6/h10,15H,7-9H2,1-6H3. The Morgan fingerprint density at radius 3 is 2.29 bits per heavy atom. The van der Waals surface area contributed by atoms with Crippen LogP contribution < -0.4 is 5.56 Å². The van der Waals surface area contributed by atoms with Gasteiger partial charge < -0.3 is 0 Å². The van der Waals surface area contributed by atoms with E-state index in [1.54, 1.807) is 4.68 Å². The van der Waals surface area contributed by atoms with Gasteiger partial charge in [-0.3, -0.25) is 14.6 Å². The van der Waals surface area contributed by atoms with Crippen molar-refractivity contribution >= 4 is 0 Å². The van der Waals surface area contributed by atoms with Gasteiger partial charge in [0.1, 0.15) is 0 Å². The molecule has 0 fully saturated rings. The lowest BCUT2D eigenvalue weighted by molar-refractivity contribution is 0.520. The molecule has 0 aliphatic rings. The molecule has 1 rings (SSSR count). The summed E-state index contributed by atoms with van der Waals surface area (Å²) in [5.41, 5.74) is 2.25. The van der Waals surface area contributed by atoms with E-state index in [9.17, 15) is 4.79 Å². The average Bonchev–Trinajstić information content (AvgIpc) is 2.45. The van der Waals surface area contributed by atoms with Crippen LogP contribution in [-0.2, 0) is 18.4 Å². The molecule has 1 N–H and O–H groups in total. The third-order valence-corrected chi connectivity index (χ3v) is 2.86. The van der Waals surface area contributed by atoms with E-state index < -0.39 is 0 Å². The quantitative estimate of drug-likeness (QED) is 0.860. The average molecular weight is 238 g/mol. The normalized spacial score (nSPS) is 12.4. The van der Waals surface area contributed by atoms with E-state index in [0.717, 1.165) is 30.6 Å². The van der Waals surface area contributed by atoms with Crippen molar-refractivity contribution in [2.45, 2.75) is 66.3 Å². The van der Waals surface area contributed by atoms with E-state index in [0.29, 0.717) is 5.92 Å². The van der Waals surface area contributed by atoms with Gasteiger partial charge in [-0.15, -0.1) is 0 Å². The Hall–Kier alpha value is -0.990. The number of hydrogen-bond donors (Lipinski definition) is 1. The van der Waals surface area contributed by atoms with Gasteiger partial charge in [0.05, 0.1) is 0 Å². The molecular weight excluding hydrogens is 212 g/mol. The van der Waals surface area contributed by atoms with E-state index in [2.05, 4.69) is 46.6 Å². The highest BCUT2D eigenvalue weighted by Gasteiger charge is 2.24. The molecular formula is C14H26N2O. The predicted molar refractivity (Wildman–Crippen MR) is 72.6 cm³/mol. The second-order valence-electron chi connectivity index (χ2n) is 6.27. The van der Waals surface area contributed by atoms with Gasteiger partial charge in [-0.05, 0) is 18.8 Å². The van der Waals surface area contributed by atoms with Crippen LogP contribution in [0, 0.1) is 5.92 Å². The van der Waals surface area contributed by atoms with Crippen LogP contribution in [0.4, 0.5) is 0 Å². The number of aromatic amines is 1. The van der Waals surface area contributed by atoms with Crippen LogP contribution in [0.3, 0.4) is 0 Å². The molecule has 0 aromatic carbocycles. The van der Waals surface area contributed by atoms with Crippen LogP contribution >= 0.6 is 0 Å². The summed E-state index contributed by atoms with van der Waals surface area (Å²) in [4.78, 5) is 12.3. The van der Waals surface area contributed by atoms with Gasteiger partial charge in [-0.1, -0.05) is 41.5 Å². The highest BCUT2D eigenvalue weighted by molar-refractivity contribution is 5.24. The Labute approximate surface area is 104 Å². The fourth-order valence-corrected chi connectivity index (χ4v) is 2.12. The Kier molecular flexibility index (Phi) is 4.23. The number of hydrogen-bond acceptors (Lipinski definition) is 1. The molecule has 0 bridgehead atoms. The maximum Gasteiger partial charge on any atom is 0.269 e. The molecule has 0 saturated heterocycles. The van der Waals surface area contributed by atoms with Gasteiger partial charge in [0, 0.05) is 23.2 Å². The van der Waals surface area contributed by atoms with Crippen LogP contribution in [0.15, 0.2) is 4.79 Å². The van der Waals surface area contributed by atoms with Gasteiger partial charge in [0.15, 0.2) is 0 Å². The third-order valence-electron chi connectivity index (χ3n) is 2.86. The van der Waals surface area contributed by atoms with E-state index in [1.807, 2.05) is 0 Å². The van der Waals surface area contributed by atoms with Crippen molar-refractivity contribution in [2.75, 3.05) is 0 Å². The minimum absolute atomic E-state index is 0.00236. The summed E-state index contributed by atoms with van der Waals surface area (Å²) in [5.74, 6) is 0.509. The highest BCUT2D eigenvalue weighted by Crippen LogP contribution is 2.23. The number of rotatable bonds is 4. The summed E-state index contributed by atoms with van der Waals surface area (Å²) in [6, 6.07) is 0. The van der Waals surface area contributed by atoms with Gasteiger partial charge >= 0.3 is 0 Å². The third kappa shape index (κ3) is 3.24. The molecule has 3 nitrogen and oxygen atoms in total. The second kappa shape index (κ2) is 5.11. The lowest BCUT2D eigenvalue weighted by Crippen LogP contribution is -2.20. The zero-order chi connectivity index (χ0) is 13.2. The molecule has 0 unspecified atom stereocenters. The van der Waals surface area contributed by atoms with Gasteiger partial charge in [-0.2, -0.15) is 0 Å². The molecule has 98 valence electrons. The zero-order valence-electron chi connectivity index (χ0n) is 12.1. The molecule has 0 atom stereocenters. The van der Waals surface area contributed by atoms with Crippen LogP contribution in [0.2, 0.25) is 0 Å². The smallest absolute Gasteiger partial charge is 0.269 e. The summed E-state index contributed by atoms with van der Waals surface area (Å²) in [7, 11) is 0. The fraction of sp³-hybridized carbons (Fsp3) is 0.786. The molecule has 0 aliphatic carbocycles. The Balaban J connectivity index is 3.27. The molecule has 0 amide bonds. The fourth-order valence-electron chi connectivity index (χ4n) is 2.12. The first kappa shape index (κ1) is 14.1. The predicted octanol–water partition coefficient (Wildman–Crippen LogP) is 3.08. The number of aromatic nitrogens is 2. The number of nitrogens with one attached hydrogen (secondary N) is 1. The maximum absolute atomic E-state index is 12.3. The van der Waals surface area contributed by atoms with Crippen molar-refractivity contribution in [3.63, 3.8) is 0 Å². The van der Waals surface area contributed by atoms with Gasteiger partial charge in [0.2, 0.25) is 0 Å². The van der Waals surface area contributed by atoms with Crippen LogP contribution in [-0.4, -0.2) is 9.78 Å². The summed E-state index contributed by atoms with van der Waals surface area (Å²) in [6.07, 6.45) is 1.84. The minimum Gasteiger partial charge on any atom is -0.299 e. The maximum atomic E-state index is 12.3. The molecule has 0 aliphatic heterocycles. The monoisotopic (exact) mass is 238 g/mol. The minimum atomic E-state index is 0.00236. The summed E-state index contributed by atoms with van der Waals surface area (Å²) >= 11 is 0. The molecule has 1 aromatic rings. The highest BCUT2D eigenvalue weighted by atomic mass is 16.1. The van der Waals surface area contributed by atoms with Crippen molar-refractivity contribution in [3.05, 3.63) is 21.6 Å². The Bertz CT molecular complexity index is 418. The van der Waals surface area contributed by atoms with Crippen LogP contribution in [0.5, 0.6) is 0 Å². The summed E-state index contributed by atoms with van der Waals surface area (Å²) < 4.78 is 1.76. The van der Waals surface area contributed by atoms with Crippen molar-refractivity contribution < 1.29 is 0 Å². The SMILES string of the molecule is CCCn1[nH]c(C(C)(C)C)c(CC(C)C)c1=O. The number of nitrogens with zero attached hydrogens (tertiary/aromatic N) is 1. The van der Waals surface area contributed by atoms with Crippen LogP contribution in [0.25, 0.3) is 0 Å². The first-order chi connectivity index (χ1) is 7.77. The first-order valence-corrected chi connectivity index (χ1v) is 6.59. The lowest BCUT2D eigenvalue weighted by atomic mass is 9.87. The Morgan fingerprint density at radius 2 is 1.88 bits per heavy atom. The van der Waals surface area contributed by atoms with E-state index in [-0.39, 0.29) is 11.0 Å². The lowest BCUT2D eigenvalue weighted by Gasteiger charge is -2.18. The van der Waals surface area contributed by atoms with Gasteiger partial charge in [-0.25, -0.2) is 0 Å². The van der Waals surface area contributed by atoms with E-state index >= 15 is 0 Å². The topological polar surface area (TPSA) is 37.8 Å². The van der Waals surface area contributed by atoms with Crippen molar-refractivity contribution in [3.8, 4) is 0 Å². The molecule has 0 saturated carbocycles. The molecule has 0 spiro atoms. The summed E-state index contributed by atoms with van der Waals surface area (Å²) in [5, 5.41) is 3.30. The first-order valence-electron chi connectivity index (χ1n) is 6.59. The Morgan fingerprint density at radius 1 is 1.29 bits per heavy atom. The second-order valence-corrected chi connectivity index (χ2v) is 6.27. The van der Waals surface area contributed by atoms with Crippen molar-refractivity contribution in [1.82, 2.24) is 9.78 Å². The summed E-state index contributed by atoms with van der Waals surface area (Å²) in [6.45, 7) is 13.6. The number of H-pyrrole nitrogens is 1. The number of aryl methyl sites for hydroxylation is 1. The largest absolute Gasteiger partial charge is 0.299 e.